The van der Waals surface area contributed by atoms with Crippen LogP contribution in [0.25, 0.3) is 0 Å². The van der Waals surface area contributed by atoms with Gasteiger partial charge in [0.25, 0.3) is 5.91 Å². The molecule has 1 aromatic carbocycles. The molecular weight excluding hydrogens is 258 g/mol. The third-order valence-corrected chi connectivity index (χ3v) is 3.69. The molecule has 3 rings (SSSR count). The van der Waals surface area contributed by atoms with Crippen LogP contribution in [-0.2, 0) is 9.63 Å². The van der Waals surface area contributed by atoms with Crippen molar-refractivity contribution in [1.82, 2.24) is 5.48 Å². The van der Waals surface area contributed by atoms with Crippen molar-refractivity contribution in [2.75, 3.05) is 23.4 Å². The molecule has 20 heavy (non-hydrogen) atoms. The van der Waals surface area contributed by atoms with Crippen LogP contribution in [0.5, 0.6) is 0 Å². The normalized spacial score (nSPS) is 20.1. The van der Waals surface area contributed by atoms with Gasteiger partial charge in [0.1, 0.15) is 6.04 Å². The number of hydrogen-bond acceptors (Lipinski definition) is 4. The Morgan fingerprint density at radius 1 is 1.55 bits per heavy atom. The molecule has 6 nitrogen and oxygen atoms in total. The van der Waals surface area contributed by atoms with Gasteiger partial charge in [-0.15, -0.1) is 0 Å². The first-order valence-corrected chi connectivity index (χ1v) is 6.84. The van der Waals surface area contributed by atoms with Gasteiger partial charge in [-0.05, 0) is 38.0 Å². The molecule has 6 heteroatoms. The molecule has 2 N–H and O–H groups in total. The summed E-state index contributed by atoms with van der Waals surface area (Å²) in [5.41, 5.74) is 4.49. The molecule has 1 atom stereocenters. The Hall–Kier alpha value is -2.08. The lowest BCUT2D eigenvalue weighted by Gasteiger charge is -2.33. The highest BCUT2D eigenvalue weighted by Gasteiger charge is 2.36. The summed E-state index contributed by atoms with van der Waals surface area (Å²) < 4.78 is 0. The predicted octanol–water partition coefficient (Wildman–Crippen LogP) is 1.29. The van der Waals surface area contributed by atoms with Crippen LogP contribution in [0.1, 0.15) is 30.1 Å². The molecule has 0 aromatic heterocycles. The van der Waals surface area contributed by atoms with Crippen LogP contribution >= 0.6 is 0 Å². The van der Waals surface area contributed by atoms with E-state index in [0.717, 1.165) is 25.1 Å². The number of hydroxylamine groups is 1. The minimum Gasteiger partial charge on any atom is -0.358 e. The molecule has 2 aliphatic heterocycles. The maximum atomic E-state index is 12.0. The number of rotatable bonds is 3. The molecular formula is C14H17N3O3. The van der Waals surface area contributed by atoms with Crippen LogP contribution in [-0.4, -0.2) is 31.0 Å². The van der Waals surface area contributed by atoms with E-state index < -0.39 is 0 Å². The topological polar surface area (TPSA) is 70.7 Å². The quantitative estimate of drug-likeness (QED) is 0.815. The standard InChI is InChI=1S/C14H17N3O3/c1-2-20-16-13(18)9-5-6-11-10(8-9)15-14(19)12-4-3-7-17(11)12/h5-6,8,12H,2-4,7H2,1H3,(H,15,19)(H,16,18). The van der Waals surface area contributed by atoms with E-state index in [1.165, 1.54) is 0 Å². The second-order valence-electron chi connectivity index (χ2n) is 4.94. The van der Waals surface area contributed by atoms with Crippen molar-refractivity contribution in [2.45, 2.75) is 25.8 Å². The molecule has 0 bridgehead atoms. The number of nitrogens with zero attached hydrogens (tertiary/aromatic N) is 1. The molecule has 0 saturated carbocycles. The Balaban J connectivity index is 1.88. The summed E-state index contributed by atoms with van der Waals surface area (Å²) in [6.07, 6.45) is 1.90. The van der Waals surface area contributed by atoms with Gasteiger partial charge in [0.05, 0.1) is 18.0 Å². The van der Waals surface area contributed by atoms with Gasteiger partial charge in [-0.3, -0.25) is 14.4 Å². The number of amides is 2. The van der Waals surface area contributed by atoms with Crippen LogP contribution < -0.4 is 15.7 Å². The first-order valence-electron chi connectivity index (χ1n) is 6.84. The Bertz CT molecular complexity index is 559. The minimum atomic E-state index is -0.313. The van der Waals surface area contributed by atoms with E-state index in [4.69, 9.17) is 4.84 Å². The summed E-state index contributed by atoms with van der Waals surface area (Å²) in [5, 5.41) is 2.88. The second kappa shape index (κ2) is 5.13. The summed E-state index contributed by atoms with van der Waals surface area (Å²) in [5.74, 6) is -0.301. The van der Waals surface area contributed by atoms with E-state index >= 15 is 0 Å². The SMILES string of the molecule is CCONC(=O)c1ccc2c(c1)NC(=O)C1CCCN21. The molecule has 1 aromatic rings. The van der Waals surface area contributed by atoms with E-state index in [1.807, 2.05) is 6.07 Å². The number of carbonyl (C=O) groups excluding carboxylic acids is 2. The van der Waals surface area contributed by atoms with Crippen molar-refractivity contribution in [3.05, 3.63) is 23.8 Å². The van der Waals surface area contributed by atoms with Gasteiger partial charge < -0.3 is 10.2 Å². The molecule has 2 heterocycles. The zero-order valence-corrected chi connectivity index (χ0v) is 11.3. The molecule has 2 aliphatic rings. The van der Waals surface area contributed by atoms with Gasteiger partial charge in [0.2, 0.25) is 5.91 Å². The Kier molecular flexibility index (Phi) is 3.31. The highest BCUT2D eigenvalue weighted by atomic mass is 16.6. The van der Waals surface area contributed by atoms with E-state index in [9.17, 15) is 9.59 Å². The van der Waals surface area contributed by atoms with E-state index in [0.29, 0.717) is 17.9 Å². The molecule has 1 unspecified atom stereocenters. The van der Waals surface area contributed by atoms with Gasteiger partial charge in [0, 0.05) is 12.1 Å². The van der Waals surface area contributed by atoms with Crippen molar-refractivity contribution in [1.29, 1.82) is 0 Å². The van der Waals surface area contributed by atoms with E-state index in [2.05, 4.69) is 15.7 Å². The fourth-order valence-corrected chi connectivity index (χ4v) is 2.77. The monoisotopic (exact) mass is 275 g/mol. The Morgan fingerprint density at radius 2 is 2.40 bits per heavy atom. The lowest BCUT2D eigenvalue weighted by Crippen LogP contribution is -2.44. The maximum absolute atomic E-state index is 12.0. The highest BCUT2D eigenvalue weighted by molar-refractivity contribution is 6.06. The van der Waals surface area contributed by atoms with Gasteiger partial charge in [-0.25, -0.2) is 5.48 Å². The van der Waals surface area contributed by atoms with E-state index in [-0.39, 0.29) is 17.9 Å². The van der Waals surface area contributed by atoms with Gasteiger partial charge in [0.15, 0.2) is 0 Å². The smallest absolute Gasteiger partial charge is 0.274 e. The van der Waals surface area contributed by atoms with Crippen molar-refractivity contribution in [3.63, 3.8) is 0 Å². The molecule has 0 radical (unpaired) electrons. The number of nitrogens with one attached hydrogen (secondary N) is 2. The first-order chi connectivity index (χ1) is 9.70. The zero-order valence-electron chi connectivity index (χ0n) is 11.3. The molecule has 0 spiro atoms. The van der Waals surface area contributed by atoms with E-state index in [1.54, 1.807) is 19.1 Å². The Morgan fingerprint density at radius 3 is 3.20 bits per heavy atom. The van der Waals surface area contributed by atoms with Crippen molar-refractivity contribution in [2.24, 2.45) is 0 Å². The van der Waals surface area contributed by atoms with Crippen LogP contribution in [0.3, 0.4) is 0 Å². The fraction of sp³-hybridized carbons (Fsp3) is 0.429. The Labute approximate surface area is 117 Å². The predicted molar refractivity (Wildman–Crippen MR) is 74.5 cm³/mol. The van der Waals surface area contributed by atoms with Gasteiger partial charge in [-0.2, -0.15) is 0 Å². The van der Waals surface area contributed by atoms with Crippen LogP contribution in [0.2, 0.25) is 0 Å². The number of benzene rings is 1. The highest BCUT2D eigenvalue weighted by Crippen LogP contribution is 2.37. The molecule has 1 fully saturated rings. The van der Waals surface area contributed by atoms with Crippen LogP contribution in [0.15, 0.2) is 18.2 Å². The molecule has 1 saturated heterocycles. The van der Waals surface area contributed by atoms with Crippen molar-refractivity contribution >= 4 is 23.2 Å². The summed E-state index contributed by atoms with van der Waals surface area (Å²) in [7, 11) is 0. The number of fused-ring (bicyclic) bond motifs is 3. The van der Waals surface area contributed by atoms with Gasteiger partial charge >= 0.3 is 0 Å². The first kappa shape index (κ1) is 12.9. The minimum absolute atomic E-state index is 0.0115. The number of anilines is 2. The lowest BCUT2D eigenvalue weighted by molar-refractivity contribution is -0.117. The third-order valence-electron chi connectivity index (χ3n) is 3.69. The average molecular weight is 275 g/mol. The third kappa shape index (κ3) is 2.12. The van der Waals surface area contributed by atoms with Crippen molar-refractivity contribution in [3.8, 4) is 0 Å². The van der Waals surface area contributed by atoms with Crippen molar-refractivity contribution < 1.29 is 14.4 Å². The summed E-state index contributed by atoms with van der Waals surface area (Å²) >= 11 is 0. The summed E-state index contributed by atoms with van der Waals surface area (Å²) in [6.45, 7) is 3.08. The molecule has 0 aliphatic carbocycles. The zero-order chi connectivity index (χ0) is 14.1. The summed E-state index contributed by atoms with van der Waals surface area (Å²) in [4.78, 5) is 30.8. The maximum Gasteiger partial charge on any atom is 0.274 e. The van der Waals surface area contributed by atoms with Crippen LogP contribution in [0, 0.1) is 0 Å². The largest absolute Gasteiger partial charge is 0.358 e. The fourth-order valence-electron chi connectivity index (χ4n) is 2.77. The second-order valence-corrected chi connectivity index (χ2v) is 4.94. The number of carbonyl (C=O) groups is 2. The van der Waals surface area contributed by atoms with Crippen LogP contribution in [0.4, 0.5) is 11.4 Å². The molecule has 106 valence electrons. The molecule has 2 amide bonds. The summed E-state index contributed by atoms with van der Waals surface area (Å²) in [6, 6.07) is 5.26. The lowest BCUT2D eigenvalue weighted by atomic mass is 10.1. The number of hydrogen-bond donors (Lipinski definition) is 2. The average Bonchev–Trinajstić information content (AvgIpc) is 2.94. The van der Waals surface area contributed by atoms with Gasteiger partial charge in [-0.1, -0.05) is 0 Å².